The van der Waals surface area contributed by atoms with Crippen molar-refractivity contribution >= 4 is 17.5 Å². The summed E-state index contributed by atoms with van der Waals surface area (Å²) in [6.45, 7) is -0.150. The van der Waals surface area contributed by atoms with Gasteiger partial charge in [-0.05, 0) is 25.0 Å². The Bertz CT molecular complexity index is 1000. The Hall–Kier alpha value is -2.43. The lowest BCUT2D eigenvalue weighted by Crippen LogP contribution is -2.45. The highest BCUT2D eigenvalue weighted by Gasteiger charge is 2.48. The molecule has 2 aromatic rings. The maximum Gasteiger partial charge on any atom is 0.392 e. The number of hydrogen-bond donors (Lipinski definition) is 0. The first kappa shape index (κ1) is 20.8. The molecule has 0 aliphatic carbocycles. The molecule has 162 valence electrons. The lowest BCUT2D eigenvalue weighted by atomic mass is 9.91. The van der Waals surface area contributed by atoms with Crippen molar-refractivity contribution in [2.24, 2.45) is 5.92 Å². The van der Waals surface area contributed by atoms with Gasteiger partial charge in [0.1, 0.15) is 18.0 Å². The van der Waals surface area contributed by atoms with Crippen molar-refractivity contribution in [3.05, 3.63) is 45.4 Å². The number of fused-ring (bicyclic) bond motifs is 1. The average Bonchev–Trinajstić information content (AvgIpc) is 3.25. The summed E-state index contributed by atoms with van der Waals surface area (Å²) in [5.41, 5.74) is -0.260. The van der Waals surface area contributed by atoms with Gasteiger partial charge < -0.3 is 4.90 Å². The summed E-state index contributed by atoms with van der Waals surface area (Å²) in [5, 5.41) is 4.45. The molecular weight excluding hydrogens is 430 g/mol. The molecule has 1 fully saturated rings. The van der Waals surface area contributed by atoms with Gasteiger partial charge in [0.05, 0.1) is 29.7 Å². The quantitative estimate of drug-likeness (QED) is 0.677. The number of pyridine rings is 1. The lowest BCUT2D eigenvalue weighted by molar-refractivity contribution is -0.183. The van der Waals surface area contributed by atoms with Crippen LogP contribution in [0.15, 0.2) is 23.1 Å². The van der Waals surface area contributed by atoms with Gasteiger partial charge in [-0.2, -0.15) is 18.3 Å². The van der Waals surface area contributed by atoms with Crippen molar-refractivity contribution in [1.82, 2.24) is 24.2 Å². The van der Waals surface area contributed by atoms with Gasteiger partial charge in [0, 0.05) is 19.2 Å². The summed E-state index contributed by atoms with van der Waals surface area (Å²) in [6.07, 6.45) is -5.33. The second-order valence-corrected chi connectivity index (χ2v) is 8.00. The molecule has 3 atom stereocenters. The van der Waals surface area contributed by atoms with Crippen LogP contribution < -0.4 is 5.69 Å². The van der Waals surface area contributed by atoms with Gasteiger partial charge in [-0.3, -0.25) is 14.3 Å². The zero-order valence-electron chi connectivity index (χ0n) is 15.6. The van der Waals surface area contributed by atoms with Crippen LogP contribution in [0.3, 0.4) is 0 Å². The fraction of sp³-hybridized carbons (Fsp3) is 0.556. The van der Waals surface area contributed by atoms with Crippen LogP contribution in [-0.2, 0) is 17.8 Å². The molecule has 2 aliphatic rings. The van der Waals surface area contributed by atoms with Crippen LogP contribution in [0.5, 0.6) is 0 Å². The number of hydrogen-bond acceptors (Lipinski definition) is 4. The predicted molar refractivity (Wildman–Crippen MR) is 97.8 cm³/mol. The number of halogens is 5. The number of carbonyl (C=O) groups excluding carboxylic acids is 1. The smallest absolute Gasteiger partial charge is 0.338 e. The molecule has 7 nitrogen and oxygen atoms in total. The van der Waals surface area contributed by atoms with Crippen molar-refractivity contribution in [1.29, 1.82) is 0 Å². The molecule has 0 spiro atoms. The van der Waals surface area contributed by atoms with E-state index in [0.29, 0.717) is 10.7 Å². The minimum atomic E-state index is -4.55. The molecule has 4 rings (SSSR count). The van der Waals surface area contributed by atoms with E-state index in [-0.39, 0.29) is 31.9 Å². The SMILES string of the molecule is O=C([C@@H]1CC(C(F)(F)F)Cc2nn(Cc3ccc(Cl)cn3)c(=O)n21)N1CC[C@H](F)C1. The van der Waals surface area contributed by atoms with E-state index in [1.54, 1.807) is 12.1 Å². The monoisotopic (exact) mass is 447 g/mol. The van der Waals surface area contributed by atoms with Gasteiger partial charge in [0.15, 0.2) is 0 Å². The van der Waals surface area contributed by atoms with Crippen molar-refractivity contribution < 1.29 is 22.4 Å². The topological polar surface area (TPSA) is 73.0 Å². The summed E-state index contributed by atoms with van der Waals surface area (Å²) < 4.78 is 56.0. The maximum absolute atomic E-state index is 13.5. The van der Waals surface area contributed by atoms with Gasteiger partial charge in [0.25, 0.3) is 0 Å². The second kappa shape index (κ2) is 7.68. The molecule has 0 bridgehead atoms. The highest BCUT2D eigenvalue weighted by atomic mass is 35.5. The van der Waals surface area contributed by atoms with Crippen LogP contribution in [0.1, 0.15) is 30.4 Å². The first-order valence-electron chi connectivity index (χ1n) is 9.41. The van der Waals surface area contributed by atoms with Gasteiger partial charge in [-0.1, -0.05) is 11.6 Å². The number of carbonyl (C=O) groups is 1. The Morgan fingerprint density at radius 1 is 1.30 bits per heavy atom. The van der Waals surface area contributed by atoms with E-state index in [1.807, 2.05) is 0 Å². The predicted octanol–water partition coefficient (Wildman–Crippen LogP) is 2.38. The van der Waals surface area contributed by atoms with E-state index in [2.05, 4.69) is 10.1 Å². The number of rotatable bonds is 3. The Morgan fingerprint density at radius 2 is 2.07 bits per heavy atom. The Morgan fingerprint density at radius 3 is 2.67 bits per heavy atom. The van der Waals surface area contributed by atoms with Crippen LogP contribution in [-0.4, -0.2) is 55.6 Å². The summed E-state index contributed by atoms with van der Waals surface area (Å²) in [7, 11) is 0. The standard InChI is InChI=1S/C18H18ClF4N5O2/c19-11-1-2-13(24-7-11)9-27-17(30)28-14(16(29)26-4-3-12(20)8-26)5-10(18(21,22)23)6-15(28)25-27/h1-2,7,10,12,14H,3-6,8-9H2/t10?,12-,14-/m0/s1. The molecule has 1 amide bonds. The highest BCUT2D eigenvalue weighted by molar-refractivity contribution is 6.30. The molecule has 0 aromatic carbocycles. The maximum atomic E-state index is 13.5. The van der Waals surface area contributed by atoms with Crippen LogP contribution in [0.4, 0.5) is 17.6 Å². The van der Waals surface area contributed by atoms with Crippen LogP contribution in [0.2, 0.25) is 5.02 Å². The number of amides is 1. The fourth-order valence-electron chi connectivity index (χ4n) is 3.94. The van der Waals surface area contributed by atoms with E-state index in [1.165, 1.54) is 11.1 Å². The normalized spacial score (nSPS) is 24.2. The summed E-state index contributed by atoms with van der Waals surface area (Å²) >= 11 is 5.79. The minimum absolute atomic E-state index is 0.0795. The van der Waals surface area contributed by atoms with Crippen molar-refractivity contribution in [2.75, 3.05) is 13.1 Å². The first-order valence-corrected chi connectivity index (χ1v) is 9.79. The largest absolute Gasteiger partial charge is 0.392 e. The summed E-state index contributed by atoms with van der Waals surface area (Å²) in [4.78, 5) is 31.1. The molecule has 1 unspecified atom stereocenters. The molecule has 30 heavy (non-hydrogen) atoms. The van der Waals surface area contributed by atoms with Crippen molar-refractivity contribution in [3.63, 3.8) is 0 Å². The highest BCUT2D eigenvalue weighted by Crippen LogP contribution is 2.39. The average molecular weight is 448 g/mol. The number of aromatic nitrogens is 4. The van der Waals surface area contributed by atoms with Gasteiger partial charge in [-0.15, -0.1) is 0 Å². The van der Waals surface area contributed by atoms with Gasteiger partial charge in [0.2, 0.25) is 5.91 Å². The Balaban J connectivity index is 1.70. The van der Waals surface area contributed by atoms with E-state index in [4.69, 9.17) is 11.6 Å². The number of nitrogens with zero attached hydrogens (tertiary/aromatic N) is 5. The molecule has 2 aliphatic heterocycles. The van der Waals surface area contributed by atoms with E-state index in [0.717, 1.165) is 9.25 Å². The molecule has 0 saturated carbocycles. The third-order valence-electron chi connectivity index (χ3n) is 5.48. The third-order valence-corrected chi connectivity index (χ3v) is 5.70. The first-order chi connectivity index (χ1) is 14.1. The van der Waals surface area contributed by atoms with E-state index in [9.17, 15) is 27.2 Å². The molecule has 0 N–H and O–H groups in total. The summed E-state index contributed by atoms with van der Waals surface area (Å²) in [5.74, 6) is -2.61. The third kappa shape index (κ3) is 3.94. The molecule has 12 heteroatoms. The van der Waals surface area contributed by atoms with Gasteiger partial charge >= 0.3 is 11.9 Å². The lowest BCUT2D eigenvalue weighted by Gasteiger charge is -2.32. The zero-order chi connectivity index (χ0) is 21.6. The van der Waals surface area contributed by atoms with Crippen LogP contribution >= 0.6 is 11.6 Å². The van der Waals surface area contributed by atoms with Crippen molar-refractivity contribution in [3.8, 4) is 0 Å². The van der Waals surface area contributed by atoms with Crippen LogP contribution in [0, 0.1) is 5.92 Å². The Labute approximate surface area is 173 Å². The summed E-state index contributed by atoms with van der Waals surface area (Å²) in [6, 6.07) is 1.77. The molecule has 4 heterocycles. The molecule has 1 saturated heterocycles. The molecular formula is C18H18ClF4N5O2. The second-order valence-electron chi connectivity index (χ2n) is 7.56. The van der Waals surface area contributed by atoms with Crippen molar-refractivity contribution in [2.45, 2.75) is 44.2 Å². The minimum Gasteiger partial charge on any atom is -0.338 e. The van der Waals surface area contributed by atoms with E-state index >= 15 is 0 Å². The van der Waals surface area contributed by atoms with E-state index < -0.39 is 48.7 Å². The van der Waals surface area contributed by atoms with Crippen LogP contribution in [0.25, 0.3) is 0 Å². The Kier molecular flexibility index (Phi) is 5.33. The zero-order valence-corrected chi connectivity index (χ0v) is 16.4. The number of likely N-dealkylation sites (tertiary alicyclic amines) is 1. The van der Waals surface area contributed by atoms with Gasteiger partial charge in [-0.25, -0.2) is 13.9 Å². The molecule has 0 radical (unpaired) electrons. The fourth-order valence-corrected chi connectivity index (χ4v) is 4.05. The molecule has 2 aromatic heterocycles. The number of alkyl halides is 4.